The predicted octanol–water partition coefficient (Wildman–Crippen LogP) is 13.5. The van der Waals surface area contributed by atoms with E-state index < -0.39 is 83.6 Å². The van der Waals surface area contributed by atoms with Gasteiger partial charge in [0.15, 0.2) is 0 Å². The van der Waals surface area contributed by atoms with Gasteiger partial charge in [-0.05, 0) is 99.3 Å². The number of rotatable bonds is 5. The summed E-state index contributed by atoms with van der Waals surface area (Å²) in [6.45, 7) is 1.44. The second-order valence-corrected chi connectivity index (χ2v) is 12.2. The lowest BCUT2D eigenvalue weighted by Crippen LogP contribution is -2.10. The van der Waals surface area contributed by atoms with Crippen LogP contribution in [0.3, 0.4) is 0 Å². The molecule has 0 N–H and O–H groups in total. The number of hydrogen-bond acceptors (Lipinski definition) is 2. The molecule has 0 radical (unpaired) electrons. The fraction of sp³-hybridized carbons (Fsp3) is 0.0222. The Balaban J connectivity index is 1.38. The van der Waals surface area contributed by atoms with Gasteiger partial charge in [0.2, 0.25) is 0 Å². The Bertz CT molecular complexity index is 3280. The SMILES string of the molecule is [2H]c1cc2c(-c3c([2H])c([2H])c([2H])c([2H])c3C)c([2H])c(-c3c([2H])c([2H])c(N(c4ccc5c(c4)sc4ccccc45)c4cccc5ccccc45)c([2H])c3[2H])c([2H])c2c([2H])c1[2H]. The van der Waals surface area contributed by atoms with Crippen molar-refractivity contribution in [2.24, 2.45) is 0 Å². The highest BCUT2D eigenvalue weighted by Gasteiger charge is 2.18. The van der Waals surface area contributed by atoms with Crippen molar-refractivity contribution >= 4 is 70.1 Å². The van der Waals surface area contributed by atoms with E-state index in [1.807, 2.05) is 84.9 Å². The summed E-state index contributed by atoms with van der Waals surface area (Å²) in [7, 11) is 0. The molecule has 0 aliphatic heterocycles. The van der Waals surface area contributed by atoms with Crippen LogP contribution in [0.2, 0.25) is 0 Å². The third-order valence-corrected chi connectivity index (χ3v) is 9.49. The van der Waals surface area contributed by atoms with Crippen LogP contribution in [0.15, 0.2) is 170 Å². The fourth-order valence-electron chi connectivity index (χ4n) is 6.13. The number of thiophene rings is 1. The molecule has 1 nitrogen and oxygen atoms in total. The van der Waals surface area contributed by atoms with Gasteiger partial charge >= 0.3 is 0 Å². The molecule has 0 aliphatic carbocycles. The Kier molecular flexibility index (Phi) is 4.15. The molecule has 222 valence electrons. The fourth-order valence-corrected chi connectivity index (χ4v) is 7.27. The summed E-state index contributed by atoms with van der Waals surface area (Å²) in [5.41, 5.74) is -0.0621. The maximum Gasteiger partial charge on any atom is 0.0645 e. The summed E-state index contributed by atoms with van der Waals surface area (Å²) < 4.78 is 120. The van der Waals surface area contributed by atoms with Crippen LogP contribution in [0.1, 0.15) is 23.4 Å². The van der Waals surface area contributed by atoms with Gasteiger partial charge in [0.05, 0.1) is 23.5 Å². The lowest BCUT2D eigenvalue weighted by molar-refractivity contribution is 1.30. The summed E-state index contributed by atoms with van der Waals surface area (Å²) in [5.74, 6) is 0. The van der Waals surface area contributed by atoms with Crippen molar-refractivity contribution in [3.8, 4) is 22.3 Å². The summed E-state index contributed by atoms with van der Waals surface area (Å²) in [6, 6.07) is 21.5. The Morgan fingerprint density at radius 2 is 1.28 bits per heavy atom. The van der Waals surface area contributed by atoms with Crippen LogP contribution in [-0.4, -0.2) is 0 Å². The molecule has 9 rings (SSSR count). The molecule has 1 aromatic heterocycles. The summed E-state index contributed by atoms with van der Waals surface area (Å²) in [4.78, 5) is 1.69. The van der Waals surface area contributed by atoms with E-state index in [2.05, 4.69) is 0 Å². The molecule has 8 aromatic carbocycles. The largest absolute Gasteiger partial charge is 0.310 e. The van der Waals surface area contributed by atoms with Crippen molar-refractivity contribution in [2.75, 3.05) is 4.90 Å². The average Bonchev–Trinajstić information content (AvgIpc) is 3.62. The first kappa shape index (κ1) is 17.3. The first-order valence-corrected chi connectivity index (χ1v) is 15.9. The topological polar surface area (TPSA) is 3.24 Å². The summed E-state index contributed by atoms with van der Waals surface area (Å²) in [6.07, 6.45) is 0. The molecule has 0 amide bonds. The van der Waals surface area contributed by atoms with Gasteiger partial charge in [-0.2, -0.15) is 0 Å². The Labute approximate surface area is 296 Å². The van der Waals surface area contributed by atoms with E-state index in [1.54, 1.807) is 16.2 Å². The smallest absolute Gasteiger partial charge is 0.0645 e. The lowest BCUT2D eigenvalue weighted by atomic mass is 9.91. The molecule has 9 aromatic rings. The molecule has 0 fully saturated rings. The molecule has 0 aliphatic rings. The monoisotopic (exact) mass is 630 g/mol. The summed E-state index contributed by atoms with van der Waals surface area (Å²) >= 11 is 1.59. The van der Waals surface area contributed by atoms with Gasteiger partial charge in [0.25, 0.3) is 0 Å². The molecule has 0 saturated carbocycles. The van der Waals surface area contributed by atoms with Gasteiger partial charge < -0.3 is 4.90 Å². The maximum absolute atomic E-state index is 9.64. The third-order valence-electron chi connectivity index (χ3n) is 8.35. The zero-order chi connectivity index (χ0) is 42.6. The zero-order valence-electron chi connectivity index (χ0n) is 38.0. The second kappa shape index (κ2) is 11.3. The standard InChI is InChI=1S/C45H31NS/c1-30-11-2-5-15-37(30)42-28-34(27-33-13-4-6-16-38(33)42)31-21-23-35(24-22-31)46(43-19-10-14-32-12-3-7-17-39(32)43)36-25-26-41-40-18-8-9-20-44(40)47-45(41)29-36/h2-29H,1H3/i2D,4D,5D,6D,11D,13D,15D,21D,22D,23D,24D,27D,28D. The average molecular weight is 631 g/mol. The van der Waals surface area contributed by atoms with Crippen LogP contribution < -0.4 is 4.90 Å². The van der Waals surface area contributed by atoms with E-state index in [0.717, 1.165) is 30.9 Å². The molecular weight excluding hydrogens is 587 g/mol. The predicted molar refractivity (Wildman–Crippen MR) is 205 cm³/mol. The van der Waals surface area contributed by atoms with E-state index >= 15 is 0 Å². The molecule has 0 bridgehead atoms. The van der Waals surface area contributed by atoms with Crippen molar-refractivity contribution in [1.82, 2.24) is 0 Å². The van der Waals surface area contributed by atoms with Gasteiger partial charge in [-0.3, -0.25) is 0 Å². The van der Waals surface area contributed by atoms with Gasteiger partial charge in [0, 0.05) is 36.9 Å². The molecule has 2 heteroatoms. The van der Waals surface area contributed by atoms with Crippen LogP contribution in [0.25, 0.3) is 64.0 Å². The minimum Gasteiger partial charge on any atom is -0.310 e. The molecule has 0 saturated heterocycles. The van der Waals surface area contributed by atoms with E-state index in [9.17, 15) is 8.22 Å². The molecule has 0 unspecified atom stereocenters. The van der Waals surface area contributed by atoms with Crippen LogP contribution >= 0.6 is 11.3 Å². The Morgan fingerprint density at radius 3 is 2.19 bits per heavy atom. The van der Waals surface area contributed by atoms with Crippen molar-refractivity contribution in [3.05, 3.63) is 175 Å². The number of fused-ring (bicyclic) bond motifs is 5. The van der Waals surface area contributed by atoms with Crippen molar-refractivity contribution in [1.29, 1.82) is 0 Å². The highest BCUT2D eigenvalue weighted by Crippen LogP contribution is 2.43. The lowest BCUT2D eigenvalue weighted by Gasteiger charge is -2.27. The minimum atomic E-state index is -0.602. The van der Waals surface area contributed by atoms with E-state index in [4.69, 9.17) is 9.60 Å². The van der Waals surface area contributed by atoms with E-state index in [-0.39, 0.29) is 39.2 Å². The van der Waals surface area contributed by atoms with Gasteiger partial charge in [0.1, 0.15) is 0 Å². The zero-order valence-corrected chi connectivity index (χ0v) is 25.8. The highest BCUT2D eigenvalue weighted by molar-refractivity contribution is 7.25. The van der Waals surface area contributed by atoms with Crippen LogP contribution in [-0.2, 0) is 0 Å². The van der Waals surface area contributed by atoms with E-state index in [0.29, 0.717) is 11.4 Å². The third kappa shape index (κ3) is 4.77. The molecule has 0 spiro atoms. The van der Waals surface area contributed by atoms with Crippen molar-refractivity contribution in [3.63, 3.8) is 0 Å². The molecule has 47 heavy (non-hydrogen) atoms. The first-order chi connectivity index (χ1) is 28.6. The minimum absolute atomic E-state index is 0.0451. The summed E-state index contributed by atoms with van der Waals surface area (Å²) in [5, 5.41) is 3.46. The van der Waals surface area contributed by atoms with Crippen LogP contribution in [0, 0.1) is 6.92 Å². The first-order valence-electron chi connectivity index (χ1n) is 21.5. The van der Waals surface area contributed by atoms with Gasteiger partial charge in [-0.1, -0.05) is 121 Å². The normalized spacial score (nSPS) is 15.4. The number of anilines is 3. The van der Waals surface area contributed by atoms with Crippen LogP contribution in [0.5, 0.6) is 0 Å². The molecule has 1 heterocycles. The van der Waals surface area contributed by atoms with Crippen LogP contribution in [0.4, 0.5) is 17.1 Å². The maximum atomic E-state index is 9.64. The molecular formula is C45H31NS. The highest BCUT2D eigenvalue weighted by atomic mass is 32.1. The molecule has 0 atom stereocenters. The van der Waals surface area contributed by atoms with Crippen molar-refractivity contribution < 1.29 is 17.8 Å². The number of benzene rings is 8. The van der Waals surface area contributed by atoms with Crippen molar-refractivity contribution in [2.45, 2.75) is 6.92 Å². The van der Waals surface area contributed by atoms with E-state index in [1.165, 1.54) is 13.0 Å². The Morgan fingerprint density at radius 1 is 0.511 bits per heavy atom. The Hall–Kier alpha value is -5.70. The number of nitrogens with zero attached hydrogens (tertiary/aromatic N) is 1. The second-order valence-electron chi connectivity index (χ2n) is 11.2. The van der Waals surface area contributed by atoms with Gasteiger partial charge in [-0.15, -0.1) is 11.3 Å². The quantitative estimate of drug-likeness (QED) is 0.183. The van der Waals surface area contributed by atoms with Gasteiger partial charge in [-0.25, -0.2) is 0 Å². The number of hydrogen-bond donors (Lipinski definition) is 0.